The van der Waals surface area contributed by atoms with E-state index in [0.29, 0.717) is 5.69 Å². The van der Waals surface area contributed by atoms with Crippen LogP contribution in [-0.4, -0.2) is 39.0 Å². The second-order valence-electron chi connectivity index (χ2n) is 6.47. The SMILES string of the molecule is NC1(C(=O)O)CC(Cl)C2C(C(=O)O)C21CC(=O)Nc1ccccc1. The van der Waals surface area contributed by atoms with E-state index in [2.05, 4.69) is 5.32 Å². The van der Waals surface area contributed by atoms with Gasteiger partial charge in [-0.15, -0.1) is 11.6 Å². The van der Waals surface area contributed by atoms with Gasteiger partial charge in [0.25, 0.3) is 0 Å². The molecule has 0 aromatic heterocycles. The summed E-state index contributed by atoms with van der Waals surface area (Å²) < 4.78 is 0. The topological polar surface area (TPSA) is 130 Å². The molecule has 8 heteroatoms. The van der Waals surface area contributed by atoms with Crippen LogP contribution >= 0.6 is 11.6 Å². The molecule has 0 spiro atoms. The molecule has 1 amide bonds. The lowest BCUT2D eigenvalue weighted by Crippen LogP contribution is -2.56. The van der Waals surface area contributed by atoms with Gasteiger partial charge in [-0.05, 0) is 24.5 Å². The number of rotatable bonds is 5. The highest BCUT2D eigenvalue weighted by atomic mass is 35.5. The normalized spacial score (nSPS) is 36.7. The fourth-order valence-electron chi connectivity index (χ4n) is 4.24. The molecule has 0 saturated heterocycles. The van der Waals surface area contributed by atoms with Crippen LogP contribution in [0.3, 0.4) is 0 Å². The smallest absolute Gasteiger partial charge is 0.324 e. The van der Waals surface area contributed by atoms with Crippen LogP contribution in [0.4, 0.5) is 5.69 Å². The zero-order valence-electron chi connectivity index (χ0n) is 12.6. The first kappa shape index (κ1) is 16.7. The van der Waals surface area contributed by atoms with Crippen molar-refractivity contribution in [1.29, 1.82) is 0 Å². The molecule has 2 fully saturated rings. The number of alkyl halides is 1. The second kappa shape index (κ2) is 5.46. The number of nitrogens with one attached hydrogen (secondary N) is 1. The Morgan fingerprint density at radius 3 is 2.38 bits per heavy atom. The molecule has 128 valence electrons. The molecule has 2 aliphatic rings. The molecule has 2 saturated carbocycles. The van der Waals surface area contributed by atoms with Gasteiger partial charge in [-0.25, -0.2) is 0 Å². The Morgan fingerprint density at radius 2 is 1.88 bits per heavy atom. The van der Waals surface area contributed by atoms with Crippen LogP contribution < -0.4 is 11.1 Å². The molecule has 1 aromatic rings. The van der Waals surface area contributed by atoms with E-state index >= 15 is 0 Å². The number of carbonyl (C=O) groups is 3. The number of hydrogen-bond donors (Lipinski definition) is 4. The van der Waals surface area contributed by atoms with Crippen molar-refractivity contribution in [2.75, 3.05) is 5.32 Å². The number of para-hydroxylation sites is 1. The minimum absolute atomic E-state index is 0.0586. The number of benzene rings is 1. The van der Waals surface area contributed by atoms with Gasteiger partial charge < -0.3 is 21.3 Å². The Bertz CT molecular complexity index is 712. The second-order valence-corrected chi connectivity index (χ2v) is 7.03. The number of carbonyl (C=O) groups excluding carboxylic acids is 1. The molecular weight excluding hydrogens is 336 g/mol. The van der Waals surface area contributed by atoms with E-state index in [9.17, 15) is 24.6 Å². The van der Waals surface area contributed by atoms with E-state index in [4.69, 9.17) is 17.3 Å². The number of nitrogens with two attached hydrogens (primary N) is 1. The Hall–Kier alpha value is -2.12. The van der Waals surface area contributed by atoms with E-state index in [1.54, 1.807) is 30.3 Å². The molecule has 5 N–H and O–H groups in total. The lowest BCUT2D eigenvalue weighted by atomic mass is 9.77. The number of anilines is 1. The highest BCUT2D eigenvalue weighted by Gasteiger charge is 2.84. The number of fused-ring (bicyclic) bond motifs is 1. The van der Waals surface area contributed by atoms with Crippen molar-refractivity contribution in [3.63, 3.8) is 0 Å². The maximum Gasteiger partial charge on any atom is 0.324 e. The zero-order chi connectivity index (χ0) is 17.7. The van der Waals surface area contributed by atoms with Crippen molar-refractivity contribution in [2.45, 2.75) is 23.8 Å². The predicted molar refractivity (Wildman–Crippen MR) is 85.5 cm³/mol. The summed E-state index contributed by atoms with van der Waals surface area (Å²) >= 11 is 6.17. The molecule has 1 aromatic carbocycles. The molecule has 5 unspecified atom stereocenters. The van der Waals surface area contributed by atoms with Gasteiger partial charge in [0.1, 0.15) is 5.54 Å². The van der Waals surface area contributed by atoms with Crippen molar-refractivity contribution >= 4 is 35.1 Å². The van der Waals surface area contributed by atoms with Gasteiger partial charge >= 0.3 is 11.9 Å². The molecule has 0 heterocycles. The van der Waals surface area contributed by atoms with Crippen LogP contribution in [0, 0.1) is 17.3 Å². The van der Waals surface area contributed by atoms with E-state index in [1.807, 2.05) is 0 Å². The molecule has 3 rings (SSSR count). The Balaban J connectivity index is 1.89. The van der Waals surface area contributed by atoms with Crippen LogP contribution in [0.1, 0.15) is 12.8 Å². The Labute approximate surface area is 142 Å². The van der Waals surface area contributed by atoms with Crippen molar-refractivity contribution in [2.24, 2.45) is 23.0 Å². The van der Waals surface area contributed by atoms with Gasteiger partial charge in [0, 0.05) is 22.9 Å². The van der Waals surface area contributed by atoms with E-state index in [1.165, 1.54) is 0 Å². The minimum atomic E-state index is -1.83. The van der Waals surface area contributed by atoms with Crippen LogP contribution in [0.2, 0.25) is 0 Å². The first-order valence-corrected chi connectivity index (χ1v) is 7.92. The monoisotopic (exact) mass is 352 g/mol. The van der Waals surface area contributed by atoms with Crippen molar-refractivity contribution in [3.8, 4) is 0 Å². The van der Waals surface area contributed by atoms with Gasteiger partial charge in [-0.2, -0.15) is 0 Å². The van der Waals surface area contributed by atoms with Gasteiger partial charge in [0.15, 0.2) is 0 Å². The summed E-state index contributed by atoms with van der Waals surface area (Å²) in [5, 5.41) is 20.9. The standard InChI is InChI=1S/C16H17ClN2O5/c17-9-6-16(18,14(23)24)15(11(9)12(15)13(21)22)7-10(20)19-8-4-2-1-3-5-8/h1-5,9,11-12H,6-7,18H2,(H,19,20)(H,21,22)(H,23,24). The summed E-state index contributed by atoms with van der Waals surface area (Å²) in [6, 6.07) is 8.63. The first-order chi connectivity index (χ1) is 11.2. The molecule has 24 heavy (non-hydrogen) atoms. The number of amides is 1. The molecule has 7 nitrogen and oxygen atoms in total. The quantitative estimate of drug-likeness (QED) is 0.588. The predicted octanol–water partition coefficient (Wildman–Crippen LogP) is 1.13. The molecular formula is C16H17ClN2O5. The first-order valence-electron chi connectivity index (χ1n) is 7.48. The van der Waals surface area contributed by atoms with Crippen LogP contribution in [0.25, 0.3) is 0 Å². The number of carboxylic acids is 2. The van der Waals surface area contributed by atoms with Gasteiger partial charge in [0.2, 0.25) is 5.91 Å². The lowest BCUT2D eigenvalue weighted by Gasteiger charge is -2.31. The number of halogens is 1. The summed E-state index contributed by atoms with van der Waals surface area (Å²) in [5.41, 5.74) is 3.40. The Morgan fingerprint density at radius 1 is 1.25 bits per heavy atom. The lowest BCUT2D eigenvalue weighted by molar-refractivity contribution is -0.148. The maximum atomic E-state index is 12.4. The van der Waals surface area contributed by atoms with Gasteiger partial charge in [0.05, 0.1) is 5.92 Å². The van der Waals surface area contributed by atoms with E-state index in [0.717, 1.165) is 0 Å². The summed E-state index contributed by atoms with van der Waals surface area (Å²) in [5.74, 6) is -4.63. The fourth-order valence-corrected chi connectivity index (χ4v) is 4.85. The zero-order valence-corrected chi connectivity index (χ0v) is 13.4. The van der Waals surface area contributed by atoms with E-state index in [-0.39, 0.29) is 12.8 Å². The summed E-state index contributed by atoms with van der Waals surface area (Å²) in [6.07, 6.45) is -0.355. The largest absolute Gasteiger partial charge is 0.481 e. The summed E-state index contributed by atoms with van der Waals surface area (Å²) in [6.45, 7) is 0. The number of hydrogen-bond acceptors (Lipinski definition) is 4. The number of carboxylic acid groups (broad SMARTS) is 2. The average Bonchev–Trinajstić information content (AvgIpc) is 3.12. The summed E-state index contributed by atoms with van der Waals surface area (Å²) in [4.78, 5) is 35.6. The molecule has 0 bridgehead atoms. The van der Waals surface area contributed by atoms with E-state index < -0.39 is 46.0 Å². The summed E-state index contributed by atoms with van der Waals surface area (Å²) in [7, 11) is 0. The van der Waals surface area contributed by atoms with Crippen molar-refractivity contribution in [3.05, 3.63) is 30.3 Å². The highest BCUT2D eigenvalue weighted by Crippen LogP contribution is 2.74. The Kier molecular flexibility index (Phi) is 3.80. The van der Waals surface area contributed by atoms with Crippen LogP contribution in [0.5, 0.6) is 0 Å². The third-order valence-electron chi connectivity index (χ3n) is 5.30. The molecule has 2 aliphatic carbocycles. The van der Waals surface area contributed by atoms with Crippen molar-refractivity contribution < 1.29 is 24.6 Å². The highest BCUT2D eigenvalue weighted by molar-refractivity contribution is 6.22. The third-order valence-corrected chi connectivity index (χ3v) is 5.72. The number of aliphatic carboxylic acids is 2. The molecule has 0 radical (unpaired) electrons. The van der Waals surface area contributed by atoms with Crippen LogP contribution in [-0.2, 0) is 14.4 Å². The van der Waals surface area contributed by atoms with Gasteiger partial charge in [-0.1, -0.05) is 18.2 Å². The van der Waals surface area contributed by atoms with Crippen LogP contribution in [0.15, 0.2) is 30.3 Å². The van der Waals surface area contributed by atoms with Gasteiger partial charge in [-0.3, -0.25) is 14.4 Å². The molecule has 0 aliphatic heterocycles. The fraction of sp³-hybridized carbons (Fsp3) is 0.438. The average molecular weight is 353 g/mol. The minimum Gasteiger partial charge on any atom is -0.481 e. The third kappa shape index (κ3) is 2.19. The van der Waals surface area contributed by atoms with Crippen molar-refractivity contribution in [1.82, 2.24) is 0 Å². The maximum absolute atomic E-state index is 12.4. The molecule has 5 atom stereocenters.